The van der Waals surface area contributed by atoms with Crippen molar-refractivity contribution in [2.75, 3.05) is 5.73 Å². The summed E-state index contributed by atoms with van der Waals surface area (Å²) in [6.07, 6.45) is 0.165. The van der Waals surface area contributed by atoms with E-state index < -0.39 is 0 Å². The molecule has 2 aromatic rings. The van der Waals surface area contributed by atoms with E-state index in [1.54, 1.807) is 0 Å². The third-order valence-corrected chi connectivity index (χ3v) is 3.86. The molecule has 1 heterocycles. The van der Waals surface area contributed by atoms with Crippen LogP contribution in [0.4, 0.5) is 5.82 Å². The standard InChI is InChI=1S/C14H16IN3O/c1-8(2)19-11-6-4-10(5-7-11)14-17-9(3)12(15)13(16)18-14/h4-8H,1-3H3,(H2,16,17,18). The molecule has 2 rings (SSSR count). The monoisotopic (exact) mass is 369 g/mol. The Bertz CT molecular complexity index is 559. The van der Waals surface area contributed by atoms with E-state index in [1.807, 2.05) is 45.0 Å². The van der Waals surface area contributed by atoms with E-state index in [-0.39, 0.29) is 6.10 Å². The number of aromatic nitrogens is 2. The third-order valence-electron chi connectivity index (χ3n) is 2.53. The van der Waals surface area contributed by atoms with Gasteiger partial charge in [-0.2, -0.15) is 0 Å². The van der Waals surface area contributed by atoms with Gasteiger partial charge in [-0.1, -0.05) is 0 Å². The van der Waals surface area contributed by atoms with Gasteiger partial charge in [0.05, 0.1) is 15.4 Å². The highest BCUT2D eigenvalue weighted by atomic mass is 127. The van der Waals surface area contributed by atoms with E-state index in [0.29, 0.717) is 11.6 Å². The fraction of sp³-hybridized carbons (Fsp3) is 0.286. The van der Waals surface area contributed by atoms with Gasteiger partial charge < -0.3 is 10.5 Å². The minimum atomic E-state index is 0.165. The van der Waals surface area contributed by atoms with Crippen molar-refractivity contribution in [3.63, 3.8) is 0 Å². The molecule has 0 fully saturated rings. The summed E-state index contributed by atoms with van der Waals surface area (Å²) in [5.41, 5.74) is 7.70. The number of benzene rings is 1. The van der Waals surface area contributed by atoms with E-state index in [4.69, 9.17) is 10.5 Å². The molecule has 0 saturated carbocycles. The number of halogens is 1. The summed E-state index contributed by atoms with van der Waals surface area (Å²) >= 11 is 2.15. The highest BCUT2D eigenvalue weighted by molar-refractivity contribution is 14.1. The van der Waals surface area contributed by atoms with Crippen molar-refractivity contribution in [3.05, 3.63) is 33.5 Å². The Balaban J connectivity index is 2.32. The summed E-state index contributed by atoms with van der Waals surface area (Å²) in [5.74, 6) is 2.01. The van der Waals surface area contributed by atoms with Crippen LogP contribution in [0.2, 0.25) is 0 Å². The van der Waals surface area contributed by atoms with E-state index in [1.165, 1.54) is 0 Å². The molecule has 0 bridgehead atoms. The molecule has 0 spiro atoms. The summed E-state index contributed by atoms with van der Waals surface area (Å²) in [7, 11) is 0. The van der Waals surface area contributed by atoms with Crippen LogP contribution in [0.5, 0.6) is 5.75 Å². The lowest BCUT2D eigenvalue weighted by Crippen LogP contribution is -2.05. The van der Waals surface area contributed by atoms with Crippen LogP contribution in [0, 0.1) is 10.5 Å². The number of rotatable bonds is 3. The number of nitrogen functional groups attached to an aromatic ring is 1. The first-order valence-electron chi connectivity index (χ1n) is 6.04. The normalized spacial score (nSPS) is 10.8. The lowest BCUT2D eigenvalue weighted by atomic mass is 10.2. The minimum Gasteiger partial charge on any atom is -0.491 e. The van der Waals surface area contributed by atoms with Gasteiger partial charge in [-0.15, -0.1) is 0 Å². The predicted molar refractivity (Wildman–Crippen MR) is 85.1 cm³/mol. The molecule has 4 nitrogen and oxygen atoms in total. The van der Waals surface area contributed by atoms with Gasteiger partial charge in [0.1, 0.15) is 11.6 Å². The fourth-order valence-electron chi connectivity index (χ4n) is 1.67. The van der Waals surface area contributed by atoms with Gasteiger partial charge in [-0.05, 0) is 67.6 Å². The summed E-state index contributed by atoms with van der Waals surface area (Å²) in [6.45, 7) is 5.93. The number of ether oxygens (including phenoxy) is 1. The largest absolute Gasteiger partial charge is 0.491 e. The van der Waals surface area contributed by atoms with Crippen LogP contribution in [-0.2, 0) is 0 Å². The van der Waals surface area contributed by atoms with Gasteiger partial charge in [0, 0.05) is 5.56 Å². The van der Waals surface area contributed by atoms with Gasteiger partial charge in [0.25, 0.3) is 0 Å². The number of nitrogens with two attached hydrogens (primary N) is 1. The molecule has 1 aromatic heterocycles. The summed E-state index contributed by atoms with van der Waals surface area (Å²) < 4.78 is 6.51. The first kappa shape index (κ1) is 14.0. The summed E-state index contributed by atoms with van der Waals surface area (Å²) in [4.78, 5) is 8.77. The maximum absolute atomic E-state index is 5.87. The van der Waals surface area contributed by atoms with Crippen LogP contribution >= 0.6 is 22.6 Å². The molecular formula is C14H16IN3O. The molecule has 0 radical (unpaired) electrons. The Morgan fingerprint density at radius 1 is 1.16 bits per heavy atom. The molecule has 0 saturated heterocycles. The Morgan fingerprint density at radius 3 is 2.32 bits per heavy atom. The van der Waals surface area contributed by atoms with Crippen LogP contribution < -0.4 is 10.5 Å². The average molecular weight is 369 g/mol. The van der Waals surface area contributed by atoms with Crippen molar-refractivity contribution in [1.82, 2.24) is 9.97 Å². The molecular weight excluding hydrogens is 353 g/mol. The van der Waals surface area contributed by atoms with E-state index in [9.17, 15) is 0 Å². The number of anilines is 1. The second-order valence-corrected chi connectivity index (χ2v) is 5.60. The summed E-state index contributed by atoms with van der Waals surface area (Å²) in [6, 6.07) is 7.72. The number of aryl methyl sites for hydroxylation is 1. The molecule has 0 atom stereocenters. The van der Waals surface area contributed by atoms with E-state index >= 15 is 0 Å². The SMILES string of the molecule is Cc1nc(-c2ccc(OC(C)C)cc2)nc(N)c1I. The van der Waals surface area contributed by atoms with E-state index in [2.05, 4.69) is 32.6 Å². The van der Waals surface area contributed by atoms with Crippen molar-refractivity contribution in [3.8, 4) is 17.1 Å². The first-order valence-corrected chi connectivity index (χ1v) is 7.12. The molecule has 5 heteroatoms. The van der Waals surface area contributed by atoms with E-state index in [0.717, 1.165) is 20.6 Å². The topological polar surface area (TPSA) is 61.0 Å². The van der Waals surface area contributed by atoms with Gasteiger partial charge in [-0.25, -0.2) is 9.97 Å². The predicted octanol–water partition coefficient (Wildman–Crippen LogP) is 3.43. The second kappa shape index (κ2) is 5.73. The highest BCUT2D eigenvalue weighted by Gasteiger charge is 2.08. The maximum atomic E-state index is 5.87. The zero-order valence-electron chi connectivity index (χ0n) is 11.1. The van der Waals surface area contributed by atoms with Crippen LogP contribution in [-0.4, -0.2) is 16.1 Å². The zero-order chi connectivity index (χ0) is 14.0. The Labute approximate surface area is 126 Å². The number of nitrogens with zero attached hydrogens (tertiary/aromatic N) is 2. The van der Waals surface area contributed by atoms with Gasteiger partial charge in [0.2, 0.25) is 0 Å². The molecule has 0 aliphatic heterocycles. The molecule has 19 heavy (non-hydrogen) atoms. The Kier molecular flexibility index (Phi) is 4.24. The van der Waals surface area contributed by atoms with Gasteiger partial charge >= 0.3 is 0 Å². The third kappa shape index (κ3) is 3.34. The van der Waals surface area contributed by atoms with Crippen molar-refractivity contribution < 1.29 is 4.74 Å². The zero-order valence-corrected chi connectivity index (χ0v) is 13.3. The quantitative estimate of drug-likeness (QED) is 0.843. The molecule has 2 N–H and O–H groups in total. The first-order chi connectivity index (χ1) is 8.97. The van der Waals surface area contributed by atoms with Crippen LogP contribution in [0.15, 0.2) is 24.3 Å². The van der Waals surface area contributed by atoms with Crippen molar-refractivity contribution in [2.24, 2.45) is 0 Å². The van der Waals surface area contributed by atoms with Crippen LogP contribution in [0.1, 0.15) is 19.5 Å². The minimum absolute atomic E-state index is 0.165. The Morgan fingerprint density at radius 2 is 1.79 bits per heavy atom. The van der Waals surface area contributed by atoms with Crippen LogP contribution in [0.3, 0.4) is 0 Å². The van der Waals surface area contributed by atoms with Crippen molar-refractivity contribution in [2.45, 2.75) is 26.9 Å². The highest BCUT2D eigenvalue weighted by Crippen LogP contribution is 2.23. The molecule has 0 amide bonds. The average Bonchev–Trinajstić information content (AvgIpc) is 2.35. The summed E-state index contributed by atoms with van der Waals surface area (Å²) in [5, 5.41) is 0. The lowest BCUT2D eigenvalue weighted by molar-refractivity contribution is 0.242. The molecule has 1 aromatic carbocycles. The smallest absolute Gasteiger partial charge is 0.161 e. The lowest BCUT2D eigenvalue weighted by Gasteiger charge is -2.10. The molecule has 100 valence electrons. The van der Waals surface area contributed by atoms with Crippen molar-refractivity contribution in [1.29, 1.82) is 0 Å². The van der Waals surface area contributed by atoms with Gasteiger partial charge in [-0.3, -0.25) is 0 Å². The number of hydrogen-bond acceptors (Lipinski definition) is 4. The number of hydrogen-bond donors (Lipinski definition) is 1. The molecule has 0 aliphatic carbocycles. The van der Waals surface area contributed by atoms with Gasteiger partial charge in [0.15, 0.2) is 5.82 Å². The molecule has 0 aliphatic rings. The Hall–Kier alpha value is -1.37. The maximum Gasteiger partial charge on any atom is 0.161 e. The fourth-order valence-corrected chi connectivity index (χ4v) is 1.91. The van der Waals surface area contributed by atoms with Crippen LogP contribution in [0.25, 0.3) is 11.4 Å². The second-order valence-electron chi connectivity index (χ2n) is 4.52. The van der Waals surface area contributed by atoms with Crippen molar-refractivity contribution >= 4 is 28.4 Å². The molecule has 0 unspecified atom stereocenters.